The van der Waals surface area contributed by atoms with Crippen molar-refractivity contribution in [3.05, 3.63) is 84.7 Å². The predicted octanol–water partition coefficient (Wildman–Crippen LogP) is 6.01. The summed E-state index contributed by atoms with van der Waals surface area (Å²) < 4.78 is 18.3. The van der Waals surface area contributed by atoms with E-state index in [4.69, 9.17) is 9.97 Å². The van der Waals surface area contributed by atoms with Crippen LogP contribution in [0, 0.1) is 5.82 Å². The van der Waals surface area contributed by atoms with Gasteiger partial charge in [0.15, 0.2) is 5.16 Å². The monoisotopic (exact) mass is 455 g/mol. The topological polar surface area (TPSA) is 48.5 Å². The zero-order chi connectivity index (χ0) is 22.4. The van der Waals surface area contributed by atoms with Crippen LogP contribution in [0.15, 0.2) is 78.2 Å². The Morgan fingerprint density at radius 2 is 1.88 bits per heavy atom. The molecule has 1 aliphatic rings. The second-order valence-electron chi connectivity index (χ2n) is 8.25. The summed E-state index contributed by atoms with van der Waals surface area (Å²) >= 11 is 1.52. The number of nitrogens with zero attached hydrogens (tertiary/aromatic N) is 5. The minimum absolute atomic E-state index is 0.250. The molecule has 0 spiro atoms. The molecule has 33 heavy (non-hydrogen) atoms. The van der Waals surface area contributed by atoms with Gasteiger partial charge in [0.1, 0.15) is 11.6 Å². The number of para-hydroxylation sites is 1. The lowest BCUT2D eigenvalue weighted by atomic mass is 10.1. The third-order valence-corrected chi connectivity index (χ3v) is 6.88. The van der Waals surface area contributed by atoms with E-state index in [2.05, 4.69) is 50.6 Å². The highest BCUT2D eigenvalue weighted by Crippen LogP contribution is 2.40. The quantitative estimate of drug-likeness (QED) is 0.241. The molecule has 164 valence electrons. The van der Waals surface area contributed by atoms with Crippen molar-refractivity contribution in [3.63, 3.8) is 0 Å². The van der Waals surface area contributed by atoms with Gasteiger partial charge in [-0.3, -0.25) is 0 Å². The van der Waals surface area contributed by atoms with Crippen LogP contribution in [0.1, 0.15) is 18.3 Å². The van der Waals surface area contributed by atoms with E-state index in [0.717, 1.165) is 53.0 Å². The van der Waals surface area contributed by atoms with Crippen LogP contribution in [-0.4, -0.2) is 30.3 Å². The van der Waals surface area contributed by atoms with Crippen LogP contribution in [0.25, 0.3) is 33.5 Å². The fourth-order valence-electron chi connectivity index (χ4n) is 4.80. The molecule has 0 unspecified atom stereocenters. The van der Waals surface area contributed by atoms with Crippen molar-refractivity contribution in [2.24, 2.45) is 0 Å². The third-order valence-electron chi connectivity index (χ3n) is 6.31. The molecular formula is C26H22FN5S. The first kappa shape index (κ1) is 20.2. The lowest BCUT2D eigenvalue weighted by Crippen LogP contribution is -2.13. The average molecular weight is 456 g/mol. The molecule has 0 saturated heterocycles. The van der Waals surface area contributed by atoms with Crippen LogP contribution in [0.5, 0.6) is 0 Å². The smallest absolute Gasteiger partial charge is 0.187 e. The van der Waals surface area contributed by atoms with E-state index in [-0.39, 0.29) is 11.9 Å². The first-order valence-corrected chi connectivity index (χ1v) is 12.2. The van der Waals surface area contributed by atoms with Crippen LogP contribution in [0.2, 0.25) is 0 Å². The van der Waals surface area contributed by atoms with Gasteiger partial charge < -0.3 is 9.13 Å². The summed E-state index contributed by atoms with van der Waals surface area (Å²) in [5, 5.41) is 1.97. The molecule has 5 aromatic rings. The number of benzene rings is 2. The van der Waals surface area contributed by atoms with Gasteiger partial charge in [-0.1, -0.05) is 30.0 Å². The van der Waals surface area contributed by atoms with E-state index in [1.54, 1.807) is 18.3 Å². The highest BCUT2D eigenvalue weighted by molar-refractivity contribution is 7.98. The molecule has 0 saturated carbocycles. The van der Waals surface area contributed by atoms with Crippen LogP contribution >= 0.6 is 11.8 Å². The van der Waals surface area contributed by atoms with Crippen molar-refractivity contribution in [2.45, 2.75) is 30.6 Å². The molecule has 0 bridgehead atoms. The van der Waals surface area contributed by atoms with Crippen LogP contribution in [-0.2, 0) is 13.0 Å². The van der Waals surface area contributed by atoms with Gasteiger partial charge >= 0.3 is 0 Å². The Morgan fingerprint density at radius 1 is 1.03 bits per heavy atom. The second-order valence-corrected chi connectivity index (χ2v) is 9.02. The maximum Gasteiger partial charge on any atom is 0.187 e. The zero-order valence-corrected chi connectivity index (χ0v) is 19.0. The van der Waals surface area contributed by atoms with Gasteiger partial charge in [0, 0.05) is 36.4 Å². The second kappa shape index (κ2) is 8.15. The molecular weight excluding hydrogens is 433 g/mol. The highest BCUT2D eigenvalue weighted by Gasteiger charge is 2.31. The van der Waals surface area contributed by atoms with E-state index in [9.17, 15) is 4.39 Å². The molecule has 0 fully saturated rings. The SMILES string of the molecule is CSc1nccc(-c2c(-c3ccc(F)cc3)nc3n2[C@H](Cn2ccc4ccccc42)CC3)n1. The molecule has 1 atom stereocenters. The minimum Gasteiger partial charge on any atom is -0.345 e. The number of fused-ring (bicyclic) bond motifs is 2. The standard InChI is InChI=1S/C26H22FN5S/c1-33-26-28-14-12-21(29-26)25-24(18-6-8-19(27)9-7-18)30-23-11-10-20(32(23)25)16-31-15-13-17-4-2-3-5-22(17)31/h2-9,12-15,20H,10-11,16H2,1H3/t20-/m0/s1. The molecule has 2 aromatic carbocycles. The summed E-state index contributed by atoms with van der Waals surface area (Å²) in [5.41, 5.74) is 4.80. The van der Waals surface area contributed by atoms with Gasteiger partial charge in [-0.15, -0.1) is 0 Å². The van der Waals surface area contributed by atoms with E-state index in [1.165, 1.54) is 34.8 Å². The number of hydrogen-bond acceptors (Lipinski definition) is 4. The van der Waals surface area contributed by atoms with Crippen molar-refractivity contribution < 1.29 is 4.39 Å². The van der Waals surface area contributed by atoms with Crippen molar-refractivity contribution in [2.75, 3.05) is 6.26 Å². The number of halogens is 1. The Morgan fingerprint density at radius 3 is 2.73 bits per heavy atom. The lowest BCUT2D eigenvalue weighted by Gasteiger charge is -2.19. The number of rotatable bonds is 5. The molecule has 0 amide bonds. The van der Waals surface area contributed by atoms with Crippen LogP contribution in [0.3, 0.4) is 0 Å². The number of aryl methyl sites for hydroxylation is 1. The molecule has 0 N–H and O–H groups in total. The molecule has 4 heterocycles. The molecule has 6 rings (SSSR count). The molecule has 5 nitrogen and oxygen atoms in total. The highest BCUT2D eigenvalue weighted by atomic mass is 32.2. The zero-order valence-electron chi connectivity index (χ0n) is 18.1. The van der Waals surface area contributed by atoms with Crippen molar-refractivity contribution in [3.8, 4) is 22.6 Å². The maximum atomic E-state index is 13.6. The number of aromatic nitrogens is 5. The maximum absolute atomic E-state index is 13.6. The summed E-state index contributed by atoms with van der Waals surface area (Å²) in [6.45, 7) is 0.854. The predicted molar refractivity (Wildman–Crippen MR) is 130 cm³/mol. The molecule has 1 aliphatic heterocycles. The number of thioether (sulfide) groups is 1. The van der Waals surface area contributed by atoms with E-state index >= 15 is 0 Å². The Hall–Kier alpha value is -3.45. The molecule has 3 aromatic heterocycles. The first-order valence-electron chi connectivity index (χ1n) is 11.0. The number of imidazole rings is 1. The minimum atomic E-state index is -0.254. The number of hydrogen-bond donors (Lipinski definition) is 0. The van der Waals surface area contributed by atoms with E-state index < -0.39 is 0 Å². The summed E-state index contributed by atoms with van der Waals surface area (Å²) in [5.74, 6) is 0.797. The Balaban J connectivity index is 1.50. The summed E-state index contributed by atoms with van der Waals surface area (Å²) in [6.07, 6.45) is 7.86. The van der Waals surface area contributed by atoms with Gasteiger partial charge in [0.05, 0.1) is 23.1 Å². The Labute approximate surface area is 195 Å². The third kappa shape index (κ3) is 3.53. The van der Waals surface area contributed by atoms with E-state index in [0.29, 0.717) is 0 Å². The fraction of sp³-hybridized carbons (Fsp3) is 0.192. The Kier molecular flexibility index (Phi) is 4.99. The Bertz CT molecular complexity index is 1450. The fourth-order valence-corrected chi connectivity index (χ4v) is 5.15. The average Bonchev–Trinajstić information content (AvgIpc) is 3.54. The van der Waals surface area contributed by atoms with Gasteiger partial charge in [0.2, 0.25) is 0 Å². The van der Waals surface area contributed by atoms with Gasteiger partial charge in [0.25, 0.3) is 0 Å². The molecule has 0 aliphatic carbocycles. The van der Waals surface area contributed by atoms with Crippen molar-refractivity contribution in [1.29, 1.82) is 0 Å². The van der Waals surface area contributed by atoms with Gasteiger partial charge in [-0.05, 0) is 60.5 Å². The van der Waals surface area contributed by atoms with Gasteiger partial charge in [-0.2, -0.15) is 0 Å². The van der Waals surface area contributed by atoms with Crippen LogP contribution in [0.4, 0.5) is 4.39 Å². The first-order chi connectivity index (χ1) is 16.2. The summed E-state index contributed by atoms with van der Waals surface area (Å²) in [7, 11) is 0. The lowest BCUT2D eigenvalue weighted by molar-refractivity contribution is 0.459. The molecule has 0 radical (unpaired) electrons. The molecule has 7 heteroatoms. The van der Waals surface area contributed by atoms with Gasteiger partial charge in [-0.25, -0.2) is 19.3 Å². The summed E-state index contributed by atoms with van der Waals surface area (Å²) in [6, 6.07) is 19.4. The van der Waals surface area contributed by atoms with Crippen molar-refractivity contribution in [1.82, 2.24) is 24.1 Å². The van der Waals surface area contributed by atoms with E-state index in [1.807, 2.05) is 12.3 Å². The summed E-state index contributed by atoms with van der Waals surface area (Å²) in [4.78, 5) is 14.2. The van der Waals surface area contributed by atoms with Crippen molar-refractivity contribution >= 4 is 22.7 Å². The largest absolute Gasteiger partial charge is 0.345 e. The normalized spacial score (nSPS) is 15.3. The van der Waals surface area contributed by atoms with Crippen LogP contribution < -0.4 is 0 Å².